The normalized spacial score (nSPS) is 15.2. The van der Waals surface area contributed by atoms with Crippen LogP contribution < -0.4 is 16.8 Å². The van der Waals surface area contributed by atoms with Crippen LogP contribution in [-0.2, 0) is 13.0 Å². The van der Waals surface area contributed by atoms with Gasteiger partial charge in [-0.2, -0.15) is 9.97 Å². The lowest BCUT2D eigenvalue weighted by Gasteiger charge is -2.16. The Morgan fingerprint density at radius 3 is 2.58 bits per heavy atom. The van der Waals surface area contributed by atoms with Crippen molar-refractivity contribution in [3.8, 4) is 11.4 Å². The van der Waals surface area contributed by atoms with Crippen LogP contribution in [0, 0.1) is 0 Å². The summed E-state index contributed by atoms with van der Waals surface area (Å²) < 4.78 is 2.25. The van der Waals surface area contributed by atoms with Crippen LogP contribution in [0.2, 0.25) is 0 Å². The Labute approximate surface area is 192 Å². The van der Waals surface area contributed by atoms with Crippen molar-refractivity contribution in [2.75, 3.05) is 11.1 Å². The predicted octanol–water partition coefficient (Wildman–Crippen LogP) is 3.48. The number of hydrogen-bond acceptors (Lipinski definition) is 8. The molecule has 1 atom stereocenters. The summed E-state index contributed by atoms with van der Waals surface area (Å²) in [6.45, 7) is 2.54. The van der Waals surface area contributed by atoms with Gasteiger partial charge in [-0.25, -0.2) is 4.98 Å². The van der Waals surface area contributed by atoms with Crippen molar-refractivity contribution in [2.45, 2.75) is 57.7 Å². The molecule has 0 spiro atoms. The molecule has 170 valence electrons. The summed E-state index contributed by atoms with van der Waals surface area (Å²) in [6.07, 6.45) is 8.98. The average molecular weight is 444 g/mol. The number of nitrogens with one attached hydrogen (secondary N) is 1. The largest absolute Gasteiger partial charge is 0.368 e. The molecule has 9 heteroatoms. The molecule has 0 aromatic carbocycles. The minimum atomic E-state index is 0.00683. The van der Waals surface area contributed by atoms with Crippen molar-refractivity contribution < 1.29 is 0 Å². The number of pyridine rings is 2. The van der Waals surface area contributed by atoms with Crippen LogP contribution >= 0.6 is 0 Å². The number of aromatic nitrogens is 6. The second-order valence-corrected chi connectivity index (χ2v) is 8.74. The van der Waals surface area contributed by atoms with Gasteiger partial charge in [0.2, 0.25) is 5.95 Å². The van der Waals surface area contributed by atoms with Gasteiger partial charge in [0.1, 0.15) is 5.82 Å². The molecule has 4 aromatic heterocycles. The van der Waals surface area contributed by atoms with Gasteiger partial charge >= 0.3 is 0 Å². The molecule has 0 amide bonds. The highest BCUT2D eigenvalue weighted by atomic mass is 15.2. The summed E-state index contributed by atoms with van der Waals surface area (Å²) in [7, 11) is 0. The van der Waals surface area contributed by atoms with Gasteiger partial charge in [0.05, 0.1) is 11.4 Å². The summed E-state index contributed by atoms with van der Waals surface area (Å²) in [6, 6.07) is 10.2. The highest BCUT2D eigenvalue weighted by molar-refractivity contribution is 5.85. The fraction of sp³-hybridized carbons (Fsp3) is 0.375. The number of imidazole rings is 1. The minimum Gasteiger partial charge on any atom is -0.368 e. The van der Waals surface area contributed by atoms with Crippen molar-refractivity contribution >= 4 is 22.9 Å². The van der Waals surface area contributed by atoms with Crippen LogP contribution in [0.1, 0.15) is 50.0 Å². The number of rotatable bonds is 7. The van der Waals surface area contributed by atoms with E-state index in [9.17, 15) is 0 Å². The van der Waals surface area contributed by atoms with Gasteiger partial charge in [-0.3, -0.25) is 9.97 Å². The molecule has 1 aliphatic rings. The molecule has 5 N–H and O–H groups in total. The van der Waals surface area contributed by atoms with Crippen molar-refractivity contribution in [3.05, 3.63) is 54.1 Å². The third-order valence-corrected chi connectivity index (χ3v) is 6.04. The molecule has 0 aliphatic heterocycles. The third kappa shape index (κ3) is 4.49. The maximum atomic E-state index is 6.13. The van der Waals surface area contributed by atoms with Crippen molar-refractivity contribution in [2.24, 2.45) is 5.73 Å². The van der Waals surface area contributed by atoms with Gasteiger partial charge in [0.25, 0.3) is 0 Å². The van der Waals surface area contributed by atoms with Crippen LogP contribution in [0.4, 0.5) is 11.8 Å². The average Bonchev–Trinajstić information content (AvgIpc) is 3.45. The van der Waals surface area contributed by atoms with E-state index in [-0.39, 0.29) is 12.0 Å². The van der Waals surface area contributed by atoms with Gasteiger partial charge in [-0.05, 0) is 43.5 Å². The Hall–Kier alpha value is -3.59. The maximum absolute atomic E-state index is 6.13. The smallest absolute Gasteiger partial charge is 0.224 e. The Balaban J connectivity index is 1.43. The number of anilines is 2. The topological polar surface area (TPSA) is 133 Å². The fourth-order valence-electron chi connectivity index (χ4n) is 4.52. The zero-order chi connectivity index (χ0) is 22.8. The molecule has 1 fully saturated rings. The number of fused-ring (bicyclic) bond motifs is 1. The zero-order valence-electron chi connectivity index (χ0n) is 18.8. The van der Waals surface area contributed by atoms with Gasteiger partial charge < -0.3 is 21.4 Å². The minimum absolute atomic E-state index is 0.00683. The van der Waals surface area contributed by atoms with E-state index in [1.807, 2.05) is 43.5 Å². The van der Waals surface area contributed by atoms with E-state index in [1.165, 1.54) is 12.8 Å². The van der Waals surface area contributed by atoms with E-state index in [0.717, 1.165) is 46.8 Å². The van der Waals surface area contributed by atoms with Gasteiger partial charge in [-0.15, -0.1) is 0 Å². The lowest BCUT2D eigenvalue weighted by atomic mass is 10.2. The number of nitrogens with two attached hydrogens (primary N) is 2. The van der Waals surface area contributed by atoms with Crippen LogP contribution in [0.15, 0.2) is 42.7 Å². The third-order valence-electron chi connectivity index (χ3n) is 6.04. The van der Waals surface area contributed by atoms with E-state index in [2.05, 4.69) is 29.8 Å². The van der Waals surface area contributed by atoms with E-state index < -0.39 is 0 Å². The van der Waals surface area contributed by atoms with E-state index in [4.69, 9.17) is 16.5 Å². The fourth-order valence-corrected chi connectivity index (χ4v) is 4.52. The van der Waals surface area contributed by atoms with Crippen LogP contribution in [-0.4, -0.2) is 35.5 Å². The molecule has 9 nitrogen and oxygen atoms in total. The first-order valence-electron chi connectivity index (χ1n) is 11.5. The van der Waals surface area contributed by atoms with E-state index in [1.54, 1.807) is 6.20 Å². The summed E-state index contributed by atoms with van der Waals surface area (Å²) >= 11 is 0. The Bertz CT molecular complexity index is 1230. The number of nitrogen functional groups attached to an aromatic ring is 1. The van der Waals surface area contributed by atoms with Gasteiger partial charge in [-0.1, -0.05) is 25.0 Å². The molecule has 0 radical (unpaired) electrons. The molecule has 33 heavy (non-hydrogen) atoms. The molecule has 1 unspecified atom stereocenters. The Kier molecular flexibility index (Phi) is 5.87. The predicted molar refractivity (Wildman–Crippen MR) is 129 cm³/mol. The van der Waals surface area contributed by atoms with Crippen LogP contribution in [0.25, 0.3) is 22.6 Å². The highest BCUT2D eigenvalue weighted by Gasteiger charge is 2.25. The summed E-state index contributed by atoms with van der Waals surface area (Å²) in [5, 5.41) is 3.39. The van der Waals surface area contributed by atoms with Gasteiger partial charge in [0, 0.05) is 37.4 Å². The van der Waals surface area contributed by atoms with E-state index >= 15 is 0 Å². The molecular formula is C24H29N9. The molecule has 0 bridgehead atoms. The van der Waals surface area contributed by atoms with Crippen LogP contribution in [0.3, 0.4) is 0 Å². The summed E-state index contributed by atoms with van der Waals surface area (Å²) in [4.78, 5) is 22.9. The first-order chi connectivity index (χ1) is 16.1. The SMILES string of the molecule is CC(N)Cc1nc2c(NCc3ccc(-c4ccccn4)nc3)nc(N)nc2n1C1CCCC1. The first-order valence-corrected chi connectivity index (χ1v) is 11.5. The molecule has 1 saturated carbocycles. The molecule has 4 aromatic rings. The van der Waals surface area contributed by atoms with Gasteiger partial charge in [0.15, 0.2) is 17.0 Å². The maximum Gasteiger partial charge on any atom is 0.224 e. The number of nitrogens with zero attached hydrogens (tertiary/aromatic N) is 6. The Morgan fingerprint density at radius 1 is 1.06 bits per heavy atom. The summed E-state index contributed by atoms with van der Waals surface area (Å²) in [5.74, 6) is 1.82. The highest BCUT2D eigenvalue weighted by Crippen LogP contribution is 2.35. The van der Waals surface area contributed by atoms with Crippen LogP contribution in [0.5, 0.6) is 0 Å². The number of hydrogen-bond donors (Lipinski definition) is 3. The molecule has 4 heterocycles. The second-order valence-electron chi connectivity index (χ2n) is 8.74. The quantitative estimate of drug-likeness (QED) is 0.395. The van der Waals surface area contributed by atoms with Crippen molar-refractivity contribution in [1.82, 2.24) is 29.5 Å². The standard InChI is InChI=1S/C24H29N9/c1-15(25)12-20-30-21-22(31-24(26)32-23(21)33(20)17-6-2-3-7-17)29-14-16-9-10-19(28-13-16)18-8-4-5-11-27-18/h4-5,8-11,13,15,17H,2-3,6-7,12,14,25H2,1H3,(H3,26,29,31,32). The lowest BCUT2D eigenvalue weighted by Crippen LogP contribution is -2.21. The van der Waals surface area contributed by atoms with E-state index in [0.29, 0.717) is 24.8 Å². The monoisotopic (exact) mass is 443 g/mol. The summed E-state index contributed by atoms with van der Waals surface area (Å²) in [5.41, 5.74) is 16.5. The first kappa shape index (κ1) is 21.3. The molecular weight excluding hydrogens is 414 g/mol. The second kappa shape index (κ2) is 9.11. The van der Waals surface area contributed by atoms with Crippen molar-refractivity contribution in [1.29, 1.82) is 0 Å². The molecule has 0 saturated heterocycles. The molecule has 5 rings (SSSR count). The zero-order valence-corrected chi connectivity index (χ0v) is 18.8. The lowest BCUT2D eigenvalue weighted by molar-refractivity contribution is 0.499. The Morgan fingerprint density at radius 2 is 1.88 bits per heavy atom. The molecule has 1 aliphatic carbocycles. The van der Waals surface area contributed by atoms with Crippen molar-refractivity contribution in [3.63, 3.8) is 0 Å².